The molecule has 3 unspecified atom stereocenters. The molecule has 0 aliphatic carbocycles. The van der Waals surface area contributed by atoms with Crippen molar-refractivity contribution in [2.45, 2.75) is 31.2 Å². The van der Waals surface area contributed by atoms with Gasteiger partial charge in [-0.3, -0.25) is 0 Å². The molecule has 0 saturated carbocycles. The largest absolute Gasteiger partial charge is 0.485 e. The normalized spacial score (nSPS) is 22.1. The van der Waals surface area contributed by atoms with Gasteiger partial charge in [0, 0.05) is 24.6 Å². The molecule has 1 aliphatic heterocycles. The van der Waals surface area contributed by atoms with Gasteiger partial charge in [-0.05, 0) is 17.2 Å². The van der Waals surface area contributed by atoms with Crippen molar-refractivity contribution < 1.29 is 9.84 Å². The summed E-state index contributed by atoms with van der Waals surface area (Å²) in [7, 11) is 0. The van der Waals surface area contributed by atoms with E-state index in [0.717, 1.165) is 16.9 Å². The van der Waals surface area contributed by atoms with Gasteiger partial charge in [0.2, 0.25) is 0 Å². The van der Waals surface area contributed by atoms with Gasteiger partial charge in [0.05, 0.1) is 6.10 Å². The van der Waals surface area contributed by atoms with E-state index in [-0.39, 0.29) is 12.1 Å². The highest BCUT2D eigenvalue weighted by Crippen LogP contribution is 2.38. The first-order valence-electron chi connectivity index (χ1n) is 9.07. The molecule has 0 radical (unpaired) electrons. The maximum absolute atomic E-state index is 11.0. The molecule has 0 fully saturated rings. The second kappa shape index (κ2) is 7.73. The Morgan fingerprint density at radius 3 is 2.27 bits per heavy atom. The third kappa shape index (κ3) is 3.64. The second-order valence-electron chi connectivity index (χ2n) is 6.71. The number of ether oxygens (including phenoxy) is 1. The minimum Gasteiger partial charge on any atom is -0.485 e. The Hall–Kier alpha value is -2.62. The minimum atomic E-state index is -0.608. The summed E-state index contributed by atoms with van der Waals surface area (Å²) in [5, 5.41) is 14.5. The summed E-state index contributed by atoms with van der Waals surface area (Å²) in [6, 6.07) is 28.2. The lowest BCUT2D eigenvalue weighted by Gasteiger charge is -2.24. The van der Waals surface area contributed by atoms with Crippen molar-refractivity contribution in [3.05, 3.63) is 102 Å². The molecule has 3 nitrogen and oxygen atoms in total. The van der Waals surface area contributed by atoms with Crippen molar-refractivity contribution in [1.29, 1.82) is 0 Å². The summed E-state index contributed by atoms with van der Waals surface area (Å²) in [5.41, 5.74) is 3.17. The van der Waals surface area contributed by atoms with Crippen LogP contribution >= 0.6 is 0 Å². The molecular weight excluding hydrogens is 322 g/mol. The molecule has 4 rings (SSSR count). The van der Waals surface area contributed by atoms with Gasteiger partial charge >= 0.3 is 0 Å². The molecule has 1 aliphatic rings. The zero-order valence-corrected chi connectivity index (χ0v) is 14.6. The van der Waals surface area contributed by atoms with Crippen LogP contribution in [0.4, 0.5) is 0 Å². The molecule has 0 spiro atoms. The van der Waals surface area contributed by atoms with Crippen LogP contribution in [0, 0.1) is 0 Å². The zero-order valence-electron chi connectivity index (χ0n) is 14.6. The molecule has 1 heterocycles. The van der Waals surface area contributed by atoms with Crippen LogP contribution in [-0.2, 0) is 6.54 Å². The summed E-state index contributed by atoms with van der Waals surface area (Å²) < 4.78 is 6.30. The molecule has 3 aromatic carbocycles. The Kier molecular flexibility index (Phi) is 5.00. The van der Waals surface area contributed by atoms with Gasteiger partial charge in [0.25, 0.3) is 0 Å². The maximum atomic E-state index is 11.0. The molecule has 132 valence electrons. The van der Waals surface area contributed by atoms with E-state index >= 15 is 0 Å². The number of para-hydroxylation sites is 1. The summed E-state index contributed by atoms with van der Waals surface area (Å²) in [6.45, 7) is 0.715. The fourth-order valence-electron chi connectivity index (χ4n) is 3.52. The molecule has 26 heavy (non-hydrogen) atoms. The van der Waals surface area contributed by atoms with Crippen molar-refractivity contribution in [3.63, 3.8) is 0 Å². The number of nitrogens with one attached hydrogen (secondary N) is 1. The van der Waals surface area contributed by atoms with Crippen molar-refractivity contribution in [2.75, 3.05) is 0 Å². The average Bonchev–Trinajstić information content (AvgIpc) is 2.85. The Bertz CT molecular complexity index is 835. The molecule has 0 aromatic heterocycles. The zero-order chi connectivity index (χ0) is 17.8. The van der Waals surface area contributed by atoms with Gasteiger partial charge < -0.3 is 15.2 Å². The van der Waals surface area contributed by atoms with Crippen molar-refractivity contribution in [1.82, 2.24) is 5.32 Å². The number of hydrogen-bond acceptors (Lipinski definition) is 3. The second-order valence-corrected chi connectivity index (χ2v) is 6.71. The van der Waals surface area contributed by atoms with E-state index in [2.05, 4.69) is 29.6 Å². The minimum absolute atomic E-state index is 0.0935. The Morgan fingerprint density at radius 2 is 1.50 bits per heavy atom. The molecular formula is C23H23NO2. The monoisotopic (exact) mass is 345 g/mol. The summed E-state index contributed by atoms with van der Waals surface area (Å²) >= 11 is 0. The fraction of sp³-hybridized carbons (Fsp3) is 0.217. The molecule has 3 aromatic rings. The van der Waals surface area contributed by atoms with Gasteiger partial charge in [-0.25, -0.2) is 0 Å². The van der Waals surface area contributed by atoms with Crippen molar-refractivity contribution in [2.24, 2.45) is 0 Å². The number of hydrogen-bond donors (Lipinski definition) is 2. The van der Waals surface area contributed by atoms with Crippen LogP contribution < -0.4 is 10.1 Å². The summed E-state index contributed by atoms with van der Waals surface area (Å²) in [5.74, 6) is 0.762. The van der Waals surface area contributed by atoms with Gasteiger partial charge in [-0.15, -0.1) is 0 Å². The molecule has 3 heteroatoms. The first-order valence-corrected chi connectivity index (χ1v) is 9.07. The molecule has 3 atom stereocenters. The van der Waals surface area contributed by atoms with E-state index < -0.39 is 6.10 Å². The lowest BCUT2D eigenvalue weighted by Crippen LogP contribution is -2.35. The van der Waals surface area contributed by atoms with Crippen LogP contribution in [0.5, 0.6) is 5.75 Å². The van der Waals surface area contributed by atoms with Crippen LogP contribution in [0.25, 0.3) is 0 Å². The van der Waals surface area contributed by atoms with Crippen LogP contribution in [0.2, 0.25) is 0 Å². The first-order chi connectivity index (χ1) is 12.8. The smallest absolute Gasteiger partial charge is 0.126 e. The van der Waals surface area contributed by atoms with Gasteiger partial charge in [0.1, 0.15) is 11.9 Å². The van der Waals surface area contributed by atoms with E-state index in [0.29, 0.717) is 13.0 Å². The first kappa shape index (κ1) is 16.8. The number of rotatable bonds is 4. The van der Waals surface area contributed by atoms with Gasteiger partial charge in [0.15, 0.2) is 0 Å². The number of aliphatic hydroxyl groups is 1. The highest BCUT2D eigenvalue weighted by molar-refractivity contribution is 5.38. The fourth-order valence-corrected chi connectivity index (χ4v) is 3.52. The van der Waals surface area contributed by atoms with E-state index in [1.807, 2.05) is 60.7 Å². The lowest BCUT2D eigenvalue weighted by atomic mass is 9.95. The van der Waals surface area contributed by atoms with E-state index in [9.17, 15) is 5.11 Å². The summed E-state index contributed by atoms with van der Waals surface area (Å²) in [6.07, 6.45) is -0.00132. The Balaban J connectivity index is 1.61. The molecule has 0 saturated heterocycles. The van der Waals surface area contributed by atoms with Crippen molar-refractivity contribution in [3.8, 4) is 5.75 Å². The average molecular weight is 345 g/mol. The van der Waals surface area contributed by atoms with Crippen molar-refractivity contribution >= 4 is 0 Å². The highest BCUT2D eigenvalue weighted by Gasteiger charge is 2.32. The lowest BCUT2D eigenvalue weighted by molar-refractivity contribution is 0.111. The SMILES string of the molecule is OC1c2ccccc2OC(c2ccccc2)CC1NCc1ccccc1. The number of fused-ring (bicyclic) bond motifs is 1. The van der Waals surface area contributed by atoms with Crippen LogP contribution in [-0.4, -0.2) is 11.1 Å². The quantitative estimate of drug-likeness (QED) is 0.736. The molecule has 2 N–H and O–H groups in total. The Labute approximate surface area is 154 Å². The third-order valence-electron chi connectivity index (χ3n) is 4.94. The number of benzene rings is 3. The van der Waals surface area contributed by atoms with Crippen LogP contribution in [0.1, 0.15) is 35.3 Å². The van der Waals surface area contributed by atoms with E-state index in [1.165, 1.54) is 5.56 Å². The van der Waals surface area contributed by atoms with E-state index in [1.54, 1.807) is 0 Å². The topological polar surface area (TPSA) is 41.5 Å². The van der Waals surface area contributed by atoms with Crippen LogP contribution in [0.15, 0.2) is 84.9 Å². The third-order valence-corrected chi connectivity index (χ3v) is 4.94. The standard InChI is InChI=1S/C23H23NO2/c25-23-19-13-7-8-14-21(19)26-22(18-11-5-2-6-12-18)15-20(23)24-16-17-9-3-1-4-10-17/h1-14,20,22-25H,15-16H2. The van der Waals surface area contributed by atoms with E-state index in [4.69, 9.17) is 4.74 Å². The predicted octanol–water partition coefficient (Wildman–Crippen LogP) is 4.40. The predicted molar refractivity (Wildman–Crippen MR) is 103 cm³/mol. The highest BCUT2D eigenvalue weighted by atomic mass is 16.5. The summed E-state index contributed by atoms with van der Waals surface area (Å²) in [4.78, 5) is 0. The number of aliphatic hydroxyl groups excluding tert-OH is 1. The van der Waals surface area contributed by atoms with Crippen LogP contribution in [0.3, 0.4) is 0 Å². The van der Waals surface area contributed by atoms with Gasteiger partial charge in [-0.2, -0.15) is 0 Å². The molecule has 0 amide bonds. The maximum Gasteiger partial charge on any atom is 0.126 e. The molecule has 0 bridgehead atoms. The Morgan fingerprint density at radius 1 is 0.846 bits per heavy atom. The van der Waals surface area contributed by atoms with Gasteiger partial charge in [-0.1, -0.05) is 78.9 Å².